The predicted octanol–water partition coefficient (Wildman–Crippen LogP) is 1.59. The summed E-state index contributed by atoms with van der Waals surface area (Å²) < 4.78 is 5.33. The molecule has 3 heteroatoms. The molecule has 0 aromatic rings. The minimum atomic E-state index is 0.550. The quantitative estimate of drug-likeness (QED) is 0.716. The van der Waals surface area contributed by atoms with Gasteiger partial charge in [-0.15, -0.1) is 0 Å². The molecule has 1 N–H and O–H groups in total. The van der Waals surface area contributed by atoms with E-state index in [0.717, 1.165) is 31.5 Å². The summed E-state index contributed by atoms with van der Waals surface area (Å²) >= 11 is 0. The lowest BCUT2D eigenvalue weighted by atomic mass is 10.2. The molecule has 1 saturated heterocycles. The molecule has 0 aromatic heterocycles. The lowest BCUT2D eigenvalue weighted by Crippen LogP contribution is -2.44. The minimum absolute atomic E-state index is 0.550. The monoisotopic (exact) mass is 228 g/mol. The Kier molecular flexibility index (Phi) is 6.32. The van der Waals surface area contributed by atoms with E-state index in [9.17, 15) is 0 Å². The maximum absolute atomic E-state index is 5.33. The summed E-state index contributed by atoms with van der Waals surface area (Å²) in [5.41, 5.74) is 0. The number of ether oxygens (including phenoxy) is 1. The molecule has 1 aliphatic heterocycles. The van der Waals surface area contributed by atoms with E-state index in [1.165, 1.54) is 19.5 Å². The summed E-state index contributed by atoms with van der Waals surface area (Å²) in [5.74, 6) is 1.57. The molecule has 1 heterocycles. The molecule has 2 atom stereocenters. The molecule has 0 saturated carbocycles. The fourth-order valence-corrected chi connectivity index (χ4v) is 2.33. The Labute approximate surface area is 101 Å². The molecule has 1 fully saturated rings. The van der Waals surface area contributed by atoms with Crippen LogP contribution in [-0.4, -0.2) is 50.8 Å². The highest BCUT2D eigenvalue weighted by Crippen LogP contribution is 2.17. The molecule has 96 valence electrons. The maximum atomic E-state index is 5.33. The van der Waals surface area contributed by atoms with Gasteiger partial charge in [0.1, 0.15) is 0 Å². The Morgan fingerprint density at radius 1 is 1.38 bits per heavy atom. The van der Waals surface area contributed by atoms with Gasteiger partial charge in [0.05, 0.1) is 6.61 Å². The van der Waals surface area contributed by atoms with Gasteiger partial charge in [-0.3, -0.25) is 4.90 Å². The van der Waals surface area contributed by atoms with Crippen LogP contribution in [0.25, 0.3) is 0 Å². The number of rotatable bonds is 7. The fraction of sp³-hybridized carbons (Fsp3) is 1.00. The van der Waals surface area contributed by atoms with Gasteiger partial charge >= 0.3 is 0 Å². The second kappa shape index (κ2) is 7.25. The van der Waals surface area contributed by atoms with Gasteiger partial charge in [0.2, 0.25) is 0 Å². The molecule has 0 aromatic carbocycles. The van der Waals surface area contributed by atoms with E-state index >= 15 is 0 Å². The topological polar surface area (TPSA) is 24.5 Å². The fourth-order valence-electron chi connectivity index (χ4n) is 2.33. The van der Waals surface area contributed by atoms with Crippen LogP contribution in [0.4, 0.5) is 0 Å². The molecule has 0 radical (unpaired) electrons. The number of nitrogens with zero attached hydrogens (tertiary/aromatic N) is 1. The van der Waals surface area contributed by atoms with Gasteiger partial charge in [0.25, 0.3) is 0 Å². The van der Waals surface area contributed by atoms with Crippen LogP contribution in [0.15, 0.2) is 0 Å². The van der Waals surface area contributed by atoms with E-state index < -0.39 is 0 Å². The first kappa shape index (κ1) is 13.9. The van der Waals surface area contributed by atoms with Crippen LogP contribution in [0.3, 0.4) is 0 Å². The summed E-state index contributed by atoms with van der Waals surface area (Å²) in [6.45, 7) is 12.3. The summed E-state index contributed by atoms with van der Waals surface area (Å²) in [6, 6.07) is 0.550. The van der Waals surface area contributed by atoms with Gasteiger partial charge in [0.15, 0.2) is 0 Å². The molecular weight excluding hydrogens is 200 g/mol. The zero-order valence-electron chi connectivity index (χ0n) is 11.3. The van der Waals surface area contributed by atoms with Crippen molar-refractivity contribution in [3.63, 3.8) is 0 Å². The summed E-state index contributed by atoms with van der Waals surface area (Å²) in [4.78, 5) is 2.57. The molecule has 3 nitrogen and oxygen atoms in total. The van der Waals surface area contributed by atoms with Gasteiger partial charge in [-0.2, -0.15) is 0 Å². The number of methoxy groups -OCH3 is 1. The second-order valence-electron chi connectivity index (χ2n) is 5.55. The largest absolute Gasteiger partial charge is 0.383 e. The van der Waals surface area contributed by atoms with E-state index in [-0.39, 0.29) is 0 Å². The third-order valence-electron chi connectivity index (χ3n) is 3.26. The Bertz CT molecular complexity index is 185. The van der Waals surface area contributed by atoms with Crippen molar-refractivity contribution in [3.8, 4) is 0 Å². The first-order valence-electron chi connectivity index (χ1n) is 6.57. The highest BCUT2D eigenvalue weighted by Gasteiger charge is 2.25. The van der Waals surface area contributed by atoms with Gasteiger partial charge in [-0.05, 0) is 31.3 Å². The average molecular weight is 228 g/mol. The lowest BCUT2D eigenvalue weighted by molar-refractivity contribution is 0.102. The molecular formula is C13H28N2O. The van der Waals surface area contributed by atoms with Crippen LogP contribution in [0.1, 0.15) is 27.2 Å². The highest BCUT2D eigenvalue weighted by molar-refractivity contribution is 4.81. The Morgan fingerprint density at radius 2 is 2.12 bits per heavy atom. The van der Waals surface area contributed by atoms with Crippen LogP contribution in [0, 0.1) is 11.8 Å². The molecule has 1 rings (SSSR count). The van der Waals surface area contributed by atoms with Gasteiger partial charge in [0, 0.05) is 26.2 Å². The van der Waals surface area contributed by atoms with Gasteiger partial charge in [-0.25, -0.2) is 0 Å². The smallest absolute Gasteiger partial charge is 0.0630 e. The standard InChI is InChI=1S/C13H28N2O/c1-11(2)7-14-8-13(10-16-4)15-6-5-12(3)9-15/h11-14H,5-10H2,1-4H3. The zero-order valence-corrected chi connectivity index (χ0v) is 11.3. The molecule has 1 aliphatic rings. The number of hydrogen-bond donors (Lipinski definition) is 1. The molecule has 0 spiro atoms. The van der Waals surface area contributed by atoms with Crippen LogP contribution in [0.5, 0.6) is 0 Å². The SMILES string of the molecule is COCC(CNCC(C)C)N1CCC(C)C1. The van der Waals surface area contributed by atoms with Gasteiger partial charge < -0.3 is 10.1 Å². The van der Waals surface area contributed by atoms with Crippen molar-refractivity contribution in [1.82, 2.24) is 10.2 Å². The molecule has 0 bridgehead atoms. The van der Waals surface area contributed by atoms with Crippen molar-refractivity contribution in [2.75, 3.05) is 39.9 Å². The summed E-state index contributed by atoms with van der Waals surface area (Å²) in [6.07, 6.45) is 1.34. The average Bonchev–Trinajstić information content (AvgIpc) is 2.63. The van der Waals surface area contributed by atoms with Crippen molar-refractivity contribution in [2.24, 2.45) is 11.8 Å². The van der Waals surface area contributed by atoms with Crippen molar-refractivity contribution in [3.05, 3.63) is 0 Å². The van der Waals surface area contributed by atoms with E-state index in [1.807, 2.05) is 0 Å². The molecule has 0 aliphatic carbocycles. The number of hydrogen-bond acceptors (Lipinski definition) is 3. The highest BCUT2D eigenvalue weighted by atomic mass is 16.5. The Morgan fingerprint density at radius 3 is 2.62 bits per heavy atom. The van der Waals surface area contributed by atoms with E-state index in [1.54, 1.807) is 7.11 Å². The molecule has 0 amide bonds. The first-order chi connectivity index (χ1) is 7.63. The third kappa shape index (κ3) is 4.81. The van der Waals surface area contributed by atoms with Crippen molar-refractivity contribution in [1.29, 1.82) is 0 Å². The van der Waals surface area contributed by atoms with Crippen LogP contribution < -0.4 is 5.32 Å². The van der Waals surface area contributed by atoms with E-state index in [0.29, 0.717) is 6.04 Å². The summed E-state index contributed by atoms with van der Waals surface area (Å²) in [7, 11) is 1.80. The van der Waals surface area contributed by atoms with Crippen molar-refractivity contribution >= 4 is 0 Å². The van der Waals surface area contributed by atoms with Crippen molar-refractivity contribution < 1.29 is 4.74 Å². The first-order valence-corrected chi connectivity index (χ1v) is 6.57. The zero-order chi connectivity index (χ0) is 12.0. The summed E-state index contributed by atoms with van der Waals surface area (Å²) in [5, 5.41) is 3.54. The van der Waals surface area contributed by atoms with E-state index in [4.69, 9.17) is 4.74 Å². The Hall–Kier alpha value is -0.120. The maximum Gasteiger partial charge on any atom is 0.0630 e. The number of nitrogens with one attached hydrogen (secondary N) is 1. The van der Waals surface area contributed by atoms with Crippen LogP contribution >= 0.6 is 0 Å². The second-order valence-corrected chi connectivity index (χ2v) is 5.55. The van der Waals surface area contributed by atoms with Crippen molar-refractivity contribution in [2.45, 2.75) is 33.2 Å². The minimum Gasteiger partial charge on any atom is -0.383 e. The molecule has 2 unspecified atom stereocenters. The van der Waals surface area contributed by atoms with Crippen LogP contribution in [0.2, 0.25) is 0 Å². The number of likely N-dealkylation sites (tertiary alicyclic amines) is 1. The molecule has 16 heavy (non-hydrogen) atoms. The normalized spacial score (nSPS) is 24.2. The van der Waals surface area contributed by atoms with Gasteiger partial charge in [-0.1, -0.05) is 20.8 Å². The van der Waals surface area contributed by atoms with E-state index in [2.05, 4.69) is 31.0 Å². The predicted molar refractivity (Wildman–Crippen MR) is 68.7 cm³/mol. The lowest BCUT2D eigenvalue weighted by Gasteiger charge is -2.27. The Balaban J connectivity index is 2.29. The van der Waals surface area contributed by atoms with Crippen LogP contribution in [-0.2, 0) is 4.74 Å². The third-order valence-corrected chi connectivity index (χ3v) is 3.26.